The van der Waals surface area contributed by atoms with Gasteiger partial charge in [0.15, 0.2) is 0 Å². The van der Waals surface area contributed by atoms with E-state index in [1.807, 2.05) is 0 Å². The van der Waals surface area contributed by atoms with E-state index in [-0.39, 0.29) is 12.2 Å². The average molecular weight is 310 g/mol. The fourth-order valence-corrected chi connectivity index (χ4v) is 3.16. The minimum atomic E-state index is -3.24. The van der Waals surface area contributed by atoms with Gasteiger partial charge in [0.1, 0.15) is 15.9 Å². The molecular formula is C10H18N2O5S2. The highest BCUT2D eigenvalue weighted by atomic mass is 32.2. The molecule has 1 unspecified atom stereocenters. The molecule has 0 bridgehead atoms. The Kier molecular flexibility index (Phi) is 5.92. The fraction of sp³-hybridized carbons (Fsp3) is 0.800. The highest BCUT2D eigenvalue weighted by Crippen LogP contribution is 2.09. The first kappa shape index (κ1) is 16.1. The number of carboxylic acid groups (broad SMARTS) is 1. The van der Waals surface area contributed by atoms with Crippen molar-refractivity contribution in [1.82, 2.24) is 10.2 Å². The van der Waals surface area contributed by atoms with E-state index in [1.54, 1.807) is 16.7 Å². The first-order valence-corrected chi connectivity index (χ1v) is 9.05. The lowest BCUT2D eigenvalue weighted by Crippen LogP contribution is -2.50. The van der Waals surface area contributed by atoms with Crippen LogP contribution in [0.4, 0.5) is 4.79 Å². The Morgan fingerprint density at radius 2 is 1.95 bits per heavy atom. The Labute approximate surface area is 116 Å². The van der Waals surface area contributed by atoms with Crippen molar-refractivity contribution in [3.05, 3.63) is 0 Å². The predicted molar refractivity (Wildman–Crippen MR) is 73.2 cm³/mol. The highest BCUT2D eigenvalue weighted by molar-refractivity contribution is 7.99. The number of nitrogens with zero attached hydrogens (tertiary/aromatic N) is 1. The predicted octanol–water partition coefficient (Wildman–Crippen LogP) is -0.367. The smallest absolute Gasteiger partial charge is 0.326 e. The summed E-state index contributed by atoms with van der Waals surface area (Å²) >= 11 is 1.74. The number of amides is 2. The van der Waals surface area contributed by atoms with Gasteiger partial charge >= 0.3 is 12.0 Å². The van der Waals surface area contributed by atoms with Crippen molar-refractivity contribution >= 4 is 33.6 Å². The van der Waals surface area contributed by atoms with Crippen LogP contribution in [0.3, 0.4) is 0 Å². The standard InChI is InChI=1S/C10H18N2O5S2/c1-19(16,17)7-2-8(9(13)14)11-10(15)12-3-5-18-6-4-12/h8H,2-7H2,1H3,(H,11,15)(H,13,14). The van der Waals surface area contributed by atoms with E-state index in [9.17, 15) is 18.0 Å². The molecule has 9 heteroatoms. The second-order valence-electron chi connectivity index (χ2n) is 4.36. The normalized spacial score (nSPS) is 17.8. The van der Waals surface area contributed by atoms with Gasteiger partial charge in [-0.1, -0.05) is 0 Å². The van der Waals surface area contributed by atoms with Crippen molar-refractivity contribution in [2.45, 2.75) is 12.5 Å². The summed E-state index contributed by atoms with van der Waals surface area (Å²) in [4.78, 5) is 24.4. The number of rotatable bonds is 5. The van der Waals surface area contributed by atoms with Crippen molar-refractivity contribution in [2.24, 2.45) is 0 Å². The third-order valence-corrected chi connectivity index (χ3v) is 4.59. The monoisotopic (exact) mass is 310 g/mol. The molecule has 0 radical (unpaired) electrons. The summed E-state index contributed by atoms with van der Waals surface area (Å²) in [6.07, 6.45) is 0.915. The van der Waals surface area contributed by atoms with Gasteiger partial charge in [0.05, 0.1) is 5.75 Å². The third-order valence-electron chi connectivity index (χ3n) is 2.67. The SMILES string of the molecule is CS(=O)(=O)CCC(NC(=O)N1CCSCC1)C(=O)O. The number of hydrogen-bond acceptors (Lipinski definition) is 5. The lowest BCUT2D eigenvalue weighted by molar-refractivity contribution is -0.139. The summed E-state index contributed by atoms with van der Waals surface area (Å²) < 4.78 is 22.1. The number of carboxylic acids is 1. The zero-order valence-electron chi connectivity index (χ0n) is 10.7. The number of carbonyl (C=O) groups excluding carboxylic acids is 1. The van der Waals surface area contributed by atoms with Crippen molar-refractivity contribution in [3.8, 4) is 0 Å². The molecule has 1 aliphatic heterocycles. The zero-order chi connectivity index (χ0) is 14.5. The number of urea groups is 1. The van der Waals surface area contributed by atoms with Gasteiger partial charge in [-0.15, -0.1) is 0 Å². The van der Waals surface area contributed by atoms with Gasteiger partial charge in [0, 0.05) is 30.9 Å². The van der Waals surface area contributed by atoms with Crippen LogP contribution >= 0.6 is 11.8 Å². The van der Waals surface area contributed by atoms with E-state index >= 15 is 0 Å². The maximum atomic E-state index is 11.8. The number of carbonyl (C=O) groups is 2. The van der Waals surface area contributed by atoms with E-state index in [0.717, 1.165) is 17.8 Å². The maximum absolute atomic E-state index is 11.8. The molecule has 110 valence electrons. The molecule has 1 rings (SSSR count). The van der Waals surface area contributed by atoms with Gasteiger partial charge < -0.3 is 15.3 Å². The molecule has 7 nitrogen and oxygen atoms in total. The Morgan fingerprint density at radius 1 is 1.37 bits per heavy atom. The maximum Gasteiger partial charge on any atom is 0.326 e. The lowest BCUT2D eigenvalue weighted by atomic mass is 10.2. The number of aliphatic carboxylic acids is 1. The van der Waals surface area contributed by atoms with Gasteiger partial charge in [-0.05, 0) is 6.42 Å². The van der Waals surface area contributed by atoms with E-state index in [2.05, 4.69) is 5.32 Å². The first-order chi connectivity index (χ1) is 8.79. The van der Waals surface area contributed by atoms with E-state index < -0.39 is 27.9 Å². The molecule has 1 atom stereocenters. The summed E-state index contributed by atoms with van der Waals surface area (Å²) in [6.45, 7) is 1.16. The van der Waals surface area contributed by atoms with Crippen LogP contribution in [0.2, 0.25) is 0 Å². The van der Waals surface area contributed by atoms with Gasteiger partial charge in [0.2, 0.25) is 0 Å². The molecule has 0 aliphatic carbocycles. The molecule has 0 aromatic rings. The minimum absolute atomic E-state index is 0.123. The molecule has 0 saturated carbocycles. The Bertz CT molecular complexity index is 431. The molecular weight excluding hydrogens is 292 g/mol. The number of hydrogen-bond donors (Lipinski definition) is 2. The van der Waals surface area contributed by atoms with Gasteiger partial charge in [-0.2, -0.15) is 11.8 Å². The quantitative estimate of drug-likeness (QED) is 0.718. The summed E-state index contributed by atoms with van der Waals surface area (Å²) in [5.41, 5.74) is 0. The lowest BCUT2D eigenvalue weighted by Gasteiger charge is -2.28. The van der Waals surface area contributed by atoms with Gasteiger partial charge in [-0.3, -0.25) is 0 Å². The fourth-order valence-electron chi connectivity index (χ4n) is 1.60. The van der Waals surface area contributed by atoms with Crippen LogP contribution in [-0.4, -0.2) is 73.1 Å². The van der Waals surface area contributed by atoms with E-state index in [0.29, 0.717) is 13.1 Å². The highest BCUT2D eigenvalue weighted by Gasteiger charge is 2.25. The van der Waals surface area contributed by atoms with Crippen molar-refractivity contribution in [2.75, 3.05) is 36.6 Å². The summed E-state index contributed by atoms with van der Waals surface area (Å²) in [7, 11) is -3.24. The molecule has 0 aromatic heterocycles. The van der Waals surface area contributed by atoms with Crippen LogP contribution in [0.25, 0.3) is 0 Å². The minimum Gasteiger partial charge on any atom is -0.480 e. The molecule has 1 saturated heterocycles. The molecule has 0 aromatic carbocycles. The van der Waals surface area contributed by atoms with E-state index in [1.165, 1.54) is 0 Å². The van der Waals surface area contributed by atoms with Crippen molar-refractivity contribution in [1.29, 1.82) is 0 Å². The zero-order valence-corrected chi connectivity index (χ0v) is 12.3. The summed E-state index contributed by atoms with van der Waals surface area (Å²) in [5, 5.41) is 11.4. The summed E-state index contributed by atoms with van der Waals surface area (Å²) in [6, 6.07) is -1.61. The topological polar surface area (TPSA) is 104 Å². The van der Waals surface area contributed by atoms with Crippen molar-refractivity contribution in [3.63, 3.8) is 0 Å². The molecule has 2 N–H and O–H groups in total. The second-order valence-corrected chi connectivity index (χ2v) is 7.84. The number of nitrogens with one attached hydrogen (secondary N) is 1. The van der Waals surface area contributed by atoms with Crippen LogP contribution < -0.4 is 5.32 Å². The Balaban J connectivity index is 2.52. The van der Waals surface area contributed by atoms with E-state index in [4.69, 9.17) is 5.11 Å². The molecule has 0 spiro atoms. The Hall–Kier alpha value is -0.960. The van der Waals surface area contributed by atoms with Gasteiger partial charge in [0.25, 0.3) is 0 Å². The average Bonchev–Trinajstić information content (AvgIpc) is 2.33. The first-order valence-electron chi connectivity index (χ1n) is 5.83. The molecule has 19 heavy (non-hydrogen) atoms. The summed E-state index contributed by atoms with van der Waals surface area (Å²) in [5.74, 6) is 0.173. The van der Waals surface area contributed by atoms with Gasteiger partial charge in [-0.25, -0.2) is 18.0 Å². The molecule has 1 heterocycles. The number of thioether (sulfide) groups is 1. The van der Waals surface area contributed by atoms with Crippen LogP contribution in [0.15, 0.2) is 0 Å². The molecule has 2 amide bonds. The van der Waals surface area contributed by atoms with Crippen LogP contribution in [0, 0.1) is 0 Å². The number of sulfone groups is 1. The van der Waals surface area contributed by atoms with Crippen LogP contribution in [0.5, 0.6) is 0 Å². The Morgan fingerprint density at radius 3 is 2.42 bits per heavy atom. The third kappa shape index (κ3) is 6.15. The van der Waals surface area contributed by atoms with Crippen molar-refractivity contribution < 1.29 is 23.1 Å². The van der Waals surface area contributed by atoms with Crippen LogP contribution in [-0.2, 0) is 14.6 Å². The molecule has 1 fully saturated rings. The largest absolute Gasteiger partial charge is 0.480 e. The van der Waals surface area contributed by atoms with Crippen LogP contribution in [0.1, 0.15) is 6.42 Å². The second kappa shape index (κ2) is 6.99. The molecule has 1 aliphatic rings.